The van der Waals surface area contributed by atoms with Crippen molar-refractivity contribution in [2.75, 3.05) is 11.9 Å². The van der Waals surface area contributed by atoms with Gasteiger partial charge in [0.25, 0.3) is 0 Å². The van der Waals surface area contributed by atoms with Crippen LogP contribution in [0.4, 0.5) is 10.5 Å². The summed E-state index contributed by atoms with van der Waals surface area (Å²) in [7, 11) is 0. The van der Waals surface area contributed by atoms with Crippen molar-refractivity contribution in [1.82, 2.24) is 5.32 Å². The summed E-state index contributed by atoms with van der Waals surface area (Å²) in [5, 5.41) is 18.1. The van der Waals surface area contributed by atoms with Gasteiger partial charge in [0.05, 0.1) is 12.1 Å². The van der Waals surface area contributed by atoms with E-state index in [-0.39, 0.29) is 17.9 Å². The van der Waals surface area contributed by atoms with Crippen LogP contribution >= 0.6 is 11.3 Å². The minimum absolute atomic E-state index is 0.131. The topological polar surface area (TPSA) is 78.4 Å². The second kappa shape index (κ2) is 5.39. The Hall–Kier alpha value is -1.56. The Balaban J connectivity index is 1.79. The molecule has 5 nitrogen and oxygen atoms in total. The quantitative estimate of drug-likeness (QED) is 0.767. The molecule has 6 heteroatoms. The molecule has 0 aromatic carbocycles. The Labute approximate surface area is 109 Å². The third kappa shape index (κ3) is 3.22. The van der Waals surface area contributed by atoms with Crippen LogP contribution in [0, 0.1) is 5.41 Å². The highest BCUT2D eigenvalue weighted by atomic mass is 32.1. The van der Waals surface area contributed by atoms with Crippen molar-refractivity contribution in [3.63, 3.8) is 0 Å². The summed E-state index contributed by atoms with van der Waals surface area (Å²) in [6.07, 6.45) is 2.92. The summed E-state index contributed by atoms with van der Waals surface area (Å²) in [5.74, 6) is -0.797. The number of anilines is 1. The molecule has 98 valence electrons. The molecule has 3 N–H and O–H groups in total. The molecular weight excluding hydrogens is 252 g/mol. The van der Waals surface area contributed by atoms with Gasteiger partial charge >= 0.3 is 12.0 Å². The minimum atomic E-state index is -0.797. The largest absolute Gasteiger partial charge is 0.481 e. The van der Waals surface area contributed by atoms with Crippen LogP contribution in [0.25, 0.3) is 0 Å². The second-order valence-electron chi connectivity index (χ2n) is 4.74. The lowest BCUT2D eigenvalue weighted by Gasteiger charge is -2.40. The van der Waals surface area contributed by atoms with Gasteiger partial charge in [0, 0.05) is 11.9 Å². The lowest BCUT2D eigenvalue weighted by Crippen LogP contribution is -2.44. The smallest absolute Gasteiger partial charge is 0.319 e. The first-order chi connectivity index (χ1) is 8.60. The molecule has 2 rings (SSSR count). The molecule has 0 radical (unpaired) electrons. The number of urea groups is 1. The number of carbonyl (C=O) groups excluding carboxylic acids is 1. The molecule has 0 atom stereocenters. The normalized spacial score (nSPS) is 16.7. The average Bonchev–Trinajstić information content (AvgIpc) is 2.74. The summed E-state index contributed by atoms with van der Waals surface area (Å²) in [6.45, 7) is 0.426. The fourth-order valence-corrected chi connectivity index (χ4v) is 2.78. The summed E-state index contributed by atoms with van der Waals surface area (Å²) >= 11 is 1.51. The van der Waals surface area contributed by atoms with Crippen molar-refractivity contribution in [2.24, 2.45) is 5.41 Å². The molecule has 0 unspecified atom stereocenters. The number of amides is 2. The summed E-state index contributed by atoms with van der Waals surface area (Å²) < 4.78 is 0. The van der Waals surface area contributed by atoms with Gasteiger partial charge in [-0.25, -0.2) is 4.79 Å². The van der Waals surface area contributed by atoms with Crippen molar-refractivity contribution >= 4 is 29.0 Å². The van der Waals surface area contributed by atoms with E-state index in [1.54, 1.807) is 0 Å². The van der Waals surface area contributed by atoms with E-state index in [2.05, 4.69) is 10.6 Å². The average molecular weight is 268 g/mol. The summed E-state index contributed by atoms with van der Waals surface area (Å²) in [4.78, 5) is 22.4. The number of carbonyl (C=O) groups is 2. The molecule has 1 aliphatic carbocycles. The van der Waals surface area contributed by atoms with Gasteiger partial charge < -0.3 is 15.7 Å². The van der Waals surface area contributed by atoms with E-state index in [1.807, 2.05) is 16.8 Å². The monoisotopic (exact) mass is 268 g/mol. The number of carboxylic acids is 1. The van der Waals surface area contributed by atoms with Gasteiger partial charge in [-0.05, 0) is 29.7 Å². The van der Waals surface area contributed by atoms with Gasteiger partial charge in [-0.1, -0.05) is 6.42 Å². The molecule has 18 heavy (non-hydrogen) atoms. The van der Waals surface area contributed by atoms with Crippen LogP contribution in [0.15, 0.2) is 16.8 Å². The maximum Gasteiger partial charge on any atom is 0.319 e. The number of hydrogen-bond acceptors (Lipinski definition) is 3. The zero-order chi connectivity index (χ0) is 13.0. The number of hydrogen-bond donors (Lipinski definition) is 3. The van der Waals surface area contributed by atoms with E-state index in [9.17, 15) is 9.59 Å². The molecule has 1 aromatic rings. The molecule has 1 aliphatic rings. The van der Waals surface area contributed by atoms with Gasteiger partial charge in [-0.2, -0.15) is 11.3 Å². The Kier molecular flexibility index (Phi) is 3.86. The van der Waals surface area contributed by atoms with Gasteiger partial charge in [0.1, 0.15) is 0 Å². The Morgan fingerprint density at radius 3 is 2.72 bits per heavy atom. The molecule has 1 aromatic heterocycles. The number of carboxylic acid groups (broad SMARTS) is 1. The molecule has 0 saturated heterocycles. The van der Waals surface area contributed by atoms with E-state index >= 15 is 0 Å². The predicted molar refractivity (Wildman–Crippen MR) is 69.9 cm³/mol. The van der Waals surface area contributed by atoms with E-state index in [0.29, 0.717) is 6.54 Å². The van der Waals surface area contributed by atoms with E-state index in [4.69, 9.17) is 5.11 Å². The zero-order valence-corrected chi connectivity index (χ0v) is 10.8. The SMILES string of the molecule is O=C(O)CC1(CNC(=O)Nc2ccsc2)CCC1. The van der Waals surface area contributed by atoms with E-state index < -0.39 is 5.97 Å². The summed E-state index contributed by atoms with van der Waals surface area (Å²) in [6, 6.07) is 1.55. The third-order valence-corrected chi connectivity index (χ3v) is 4.03. The molecule has 1 heterocycles. The Morgan fingerprint density at radius 1 is 1.44 bits per heavy atom. The van der Waals surface area contributed by atoms with E-state index in [0.717, 1.165) is 24.9 Å². The fourth-order valence-electron chi connectivity index (χ4n) is 2.19. The van der Waals surface area contributed by atoms with Crippen LogP contribution in [-0.4, -0.2) is 23.7 Å². The molecule has 2 amide bonds. The molecule has 1 fully saturated rings. The minimum Gasteiger partial charge on any atom is -0.481 e. The molecule has 0 spiro atoms. The molecule has 0 aliphatic heterocycles. The van der Waals surface area contributed by atoms with Crippen LogP contribution < -0.4 is 10.6 Å². The first-order valence-corrected chi connectivity index (χ1v) is 6.83. The number of rotatable bonds is 5. The van der Waals surface area contributed by atoms with Crippen molar-refractivity contribution in [2.45, 2.75) is 25.7 Å². The fraction of sp³-hybridized carbons (Fsp3) is 0.500. The first kappa shape index (κ1) is 12.9. The van der Waals surface area contributed by atoms with Crippen LogP contribution in [0.5, 0.6) is 0 Å². The number of nitrogens with one attached hydrogen (secondary N) is 2. The highest BCUT2D eigenvalue weighted by Gasteiger charge is 2.39. The predicted octanol–water partition coefficient (Wildman–Crippen LogP) is 2.51. The second-order valence-corrected chi connectivity index (χ2v) is 5.52. The first-order valence-electron chi connectivity index (χ1n) is 5.89. The van der Waals surface area contributed by atoms with Crippen molar-refractivity contribution in [3.05, 3.63) is 16.8 Å². The Morgan fingerprint density at radius 2 is 2.22 bits per heavy atom. The van der Waals surface area contributed by atoms with Gasteiger partial charge in [-0.15, -0.1) is 0 Å². The van der Waals surface area contributed by atoms with Crippen LogP contribution in [-0.2, 0) is 4.79 Å². The van der Waals surface area contributed by atoms with E-state index in [1.165, 1.54) is 11.3 Å². The number of aliphatic carboxylic acids is 1. The van der Waals surface area contributed by atoms with Gasteiger partial charge in [0.2, 0.25) is 0 Å². The summed E-state index contributed by atoms with van der Waals surface area (Å²) in [5.41, 5.74) is 0.524. The van der Waals surface area contributed by atoms with Crippen LogP contribution in [0.3, 0.4) is 0 Å². The highest BCUT2D eigenvalue weighted by molar-refractivity contribution is 7.08. The van der Waals surface area contributed by atoms with Crippen molar-refractivity contribution < 1.29 is 14.7 Å². The molecule has 0 bridgehead atoms. The zero-order valence-electron chi connectivity index (χ0n) is 9.94. The van der Waals surface area contributed by atoms with Gasteiger partial charge in [-0.3, -0.25) is 4.79 Å². The maximum atomic E-state index is 11.6. The lowest BCUT2D eigenvalue weighted by atomic mass is 9.66. The van der Waals surface area contributed by atoms with Crippen molar-refractivity contribution in [1.29, 1.82) is 0 Å². The molecule has 1 saturated carbocycles. The van der Waals surface area contributed by atoms with Crippen LogP contribution in [0.2, 0.25) is 0 Å². The van der Waals surface area contributed by atoms with Crippen LogP contribution in [0.1, 0.15) is 25.7 Å². The van der Waals surface area contributed by atoms with Crippen molar-refractivity contribution in [3.8, 4) is 0 Å². The standard InChI is InChI=1S/C12H16N2O3S/c15-10(16)6-12(3-1-4-12)8-13-11(17)14-9-2-5-18-7-9/h2,5,7H,1,3-4,6,8H2,(H,15,16)(H2,13,14,17). The number of thiophene rings is 1. The lowest BCUT2D eigenvalue weighted by molar-refractivity contribution is -0.141. The third-order valence-electron chi connectivity index (χ3n) is 3.34. The molecular formula is C12H16N2O3S. The Bertz CT molecular complexity index is 427. The van der Waals surface area contributed by atoms with Gasteiger partial charge in [0.15, 0.2) is 0 Å². The maximum absolute atomic E-state index is 11.6. The highest BCUT2D eigenvalue weighted by Crippen LogP contribution is 2.43.